The van der Waals surface area contributed by atoms with Gasteiger partial charge in [-0.15, -0.1) is 0 Å². The highest BCUT2D eigenvalue weighted by Crippen LogP contribution is 2.27. The van der Waals surface area contributed by atoms with Crippen molar-refractivity contribution in [3.63, 3.8) is 0 Å². The summed E-state index contributed by atoms with van der Waals surface area (Å²) in [5, 5.41) is 13.3. The number of nitrogens with two attached hydrogens (primary N) is 1. The molecule has 0 atom stereocenters. The average molecular weight is 290 g/mol. The van der Waals surface area contributed by atoms with Crippen molar-refractivity contribution in [2.45, 2.75) is 0 Å². The summed E-state index contributed by atoms with van der Waals surface area (Å²) in [6.07, 6.45) is 0. The van der Waals surface area contributed by atoms with E-state index in [1.54, 1.807) is 0 Å². The van der Waals surface area contributed by atoms with Gasteiger partial charge in [0.2, 0.25) is 5.91 Å². The number of anilines is 1. The molecule has 18 heavy (non-hydrogen) atoms. The maximum absolute atomic E-state index is 11.5. The molecule has 0 aromatic heterocycles. The van der Waals surface area contributed by atoms with Gasteiger partial charge in [-0.2, -0.15) is 11.8 Å². The first kappa shape index (κ1) is 14.7. The van der Waals surface area contributed by atoms with Crippen LogP contribution in [0.1, 0.15) is 0 Å². The molecule has 1 aromatic carbocycles. The third kappa shape index (κ3) is 4.52. The number of nitro benzene ring substituents is 1. The second kappa shape index (κ2) is 7.20. The number of carbonyl (C=O) groups is 1. The highest BCUT2D eigenvalue weighted by molar-refractivity contribution is 7.99. The molecule has 0 spiro atoms. The van der Waals surface area contributed by atoms with E-state index in [1.165, 1.54) is 30.0 Å². The molecular weight excluding hydrogens is 278 g/mol. The lowest BCUT2D eigenvalue weighted by Gasteiger charge is -2.05. The summed E-state index contributed by atoms with van der Waals surface area (Å²) in [6.45, 7) is 0.504. The van der Waals surface area contributed by atoms with Crippen LogP contribution in [0.3, 0.4) is 0 Å². The van der Waals surface area contributed by atoms with E-state index in [0.29, 0.717) is 18.0 Å². The molecule has 1 amide bonds. The molecule has 1 aromatic rings. The molecule has 0 aliphatic heterocycles. The number of nitro groups is 1. The number of thioether (sulfide) groups is 1. The van der Waals surface area contributed by atoms with Crippen LogP contribution in [0.25, 0.3) is 0 Å². The SMILES string of the molecule is NCCSCC(=O)Nc1ccc(Cl)c([N+](=O)[O-])c1. The Kier molecular flexibility index (Phi) is 5.90. The molecule has 0 saturated carbocycles. The summed E-state index contributed by atoms with van der Waals surface area (Å²) in [5.74, 6) is 0.715. The minimum absolute atomic E-state index is 0.0375. The second-order valence-electron chi connectivity index (χ2n) is 3.31. The smallest absolute Gasteiger partial charge is 0.289 e. The van der Waals surface area contributed by atoms with E-state index in [2.05, 4.69) is 5.32 Å². The summed E-state index contributed by atoms with van der Waals surface area (Å²) in [4.78, 5) is 21.5. The number of amides is 1. The Bertz CT molecular complexity index is 456. The zero-order valence-electron chi connectivity index (χ0n) is 9.39. The van der Waals surface area contributed by atoms with Gasteiger partial charge in [0, 0.05) is 24.1 Å². The van der Waals surface area contributed by atoms with E-state index >= 15 is 0 Å². The van der Waals surface area contributed by atoms with Crippen LogP contribution in [-0.4, -0.2) is 28.9 Å². The summed E-state index contributed by atoms with van der Waals surface area (Å²) < 4.78 is 0. The zero-order chi connectivity index (χ0) is 13.5. The first-order valence-corrected chi connectivity index (χ1v) is 6.59. The number of hydrogen-bond acceptors (Lipinski definition) is 5. The number of nitrogens with zero attached hydrogens (tertiary/aromatic N) is 1. The van der Waals surface area contributed by atoms with Gasteiger partial charge >= 0.3 is 0 Å². The largest absolute Gasteiger partial charge is 0.330 e. The monoisotopic (exact) mass is 289 g/mol. The summed E-state index contributed by atoms with van der Waals surface area (Å²) >= 11 is 7.06. The Balaban J connectivity index is 2.65. The Morgan fingerprint density at radius 1 is 1.56 bits per heavy atom. The summed E-state index contributed by atoms with van der Waals surface area (Å²) in [6, 6.07) is 4.12. The van der Waals surface area contributed by atoms with Gasteiger partial charge in [0.15, 0.2) is 0 Å². The standard InChI is InChI=1S/C10H12ClN3O3S/c11-8-2-1-7(5-9(8)14(16)17)13-10(15)6-18-4-3-12/h1-2,5H,3-4,6,12H2,(H,13,15). The van der Waals surface area contributed by atoms with Gasteiger partial charge in [-0.25, -0.2) is 0 Å². The van der Waals surface area contributed by atoms with Crippen LogP contribution in [0.15, 0.2) is 18.2 Å². The van der Waals surface area contributed by atoms with E-state index in [-0.39, 0.29) is 22.4 Å². The van der Waals surface area contributed by atoms with Crippen LogP contribution in [0.2, 0.25) is 5.02 Å². The van der Waals surface area contributed by atoms with Gasteiger partial charge in [0.25, 0.3) is 5.69 Å². The molecule has 8 heteroatoms. The fourth-order valence-electron chi connectivity index (χ4n) is 1.18. The van der Waals surface area contributed by atoms with Gasteiger partial charge in [-0.05, 0) is 12.1 Å². The van der Waals surface area contributed by atoms with E-state index < -0.39 is 4.92 Å². The Hall–Kier alpha value is -1.31. The van der Waals surface area contributed by atoms with Crippen molar-refractivity contribution in [1.82, 2.24) is 0 Å². The first-order valence-electron chi connectivity index (χ1n) is 5.06. The molecule has 0 aliphatic rings. The van der Waals surface area contributed by atoms with Gasteiger partial charge in [0.1, 0.15) is 5.02 Å². The van der Waals surface area contributed by atoms with Gasteiger partial charge in [-0.1, -0.05) is 11.6 Å². The number of nitrogens with one attached hydrogen (secondary N) is 1. The van der Waals surface area contributed by atoms with Gasteiger partial charge in [-0.3, -0.25) is 14.9 Å². The molecule has 0 heterocycles. The maximum atomic E-state index is 11.5. The topological polar surface area (TPSA) is 98.3 Å². The van der Waals surface area contributed by atoms with Crippen LogP contribution < -0.4 is 11.1 Å². The predicted octanol–water partition coefficient (Wildman–Crippen LogP) is 1.88. The molecule has 1 rings (SSSR count). The van der Waals surface area contributed by atoms with Crippen LogP contribution in [-0.2, 0) is 4.79 Å². The normalized spacial score (nSPS) is 10.1. The molecule has 6 nitrogen and oxygen atoms in total. The molecule has 0 bridgehead atoms. The van der Waals surface area contributed by atoms with Crippen molar-refractivity contribution < 1.29 is 9.72 Å². The van der Waals surface area contributed by atoms with E-state index in [4.69, 9.17) is 17.3 Å². The lowest BCUT2D eigenvalue weighted by Crippen LogP contribution is -2.15. The minimum atomic E-state index is -0.596. The van der Waals surface area contributed by atoms with Crippen LogP contribution >= 0.6 is 23.4 Å². The Morgan fingerprint density at radius 2 is 2.28 bits per heavy atom. The highest BCUT2D eigenvalue weighted by atomic mass is 35.5. The van der Waals surface area contributed by atoms with E-state index in [1.807, 2.05) is 0 Å². The number of rotatable bonds is 6. The van der Waals surface area contributed by atoms with Crippen LogP contribution in [0, 0.1) is 10.1 Å². The molecule has 3 N–H and O–H groups in total. The number of benzene rings is 1. The van der Waals surface area contributed by atoms with Crippen molar-refractivity contribution in [3.8, 4) is 0 Å². The summed E-state index contributed by atoms with van der Waals surface area (Å²) in [7, 11) is 0. The number of hydrogen-bond donors (Lipinski definition) is 2. The predicted molar refractivity (Wildman–Crippen MR) is 73.1 cm³/mol. The lowest BCUT2D eigenvalue weighted by molar-refractivity contribution is -0.384. The third-order valence-electron chi connectivity index (χ3n) is 1.92. The fourth-order valence-corrected chi connectivity index (χ4v) is 1.93. The van der Waals surface area contributed by atoms with Crippen molar-refractivity contribution in [3.05, 3.63) is 33.3 Å². The molecule has 0 fully saturated rings. The molecule has 0 aliphatic carbocycles. The van der Waals surface area contributed by atoms with Crippen molar-refractivity contribution in [2.75, 3.05) is 23.4 Å². The molecule has 0 radical (unpaired) electrons. The van der Waals surface area contributed by atoms with E-state index in [0.717, 1.165) is 0 Å². The quantitative estimate of drug-likeness (QED) is 0.473. The third-order valence-corrected chi connectivity index (χ3v) is 3.23. The van der Waals surface area contributed by atoms with Crippen LogP contribution in [0.4, 0.5) is 11.4 Å². The Labute approximate surface area is 113 Å². The highest BCUT2D eigenvalue weighted by Gasteiger charge is 2.13. The Morgan fingerprint density at radius 3 is 2.89 bits per heavy atom. The second-order valence-corrected chi connectivity index (χ2v) is 4.83. The number of carbonyl (C=O) groups excluding carboxylic acids is 1. The van der Waals surface area contributed by atoms with Crippen LogP contribution in [0.5, 0.6) is 0 Å². The van der Waals surface area contributed by atoms with Gasteiger partial charge < -0.3 is 11.1 Å². The van der Waals surface area contributed by atoms with Crippen molar-refractivity contribution >= 4 is 40.6 Å². The lowest BCUT2D eigenvalue weighted by atomic mass is 10.3. The van der Waals surface area contributed by atoms with Gasteiger partial charge in [0.05, 0.1) is 10.7 Å². The summed E-state index contributed by atoms with van der Waals surface area (Å²) in [5.41, 5.74) is 5.41. The minimum Gasteiger partial charge on any atom is -0.330 e. The van der Waals surface area contributed by atoms with E-state index in [9.17, 15) is 14.9 Å². The molecule has 0 saturated heterocycles. The van der Waals surface area contributed by atoms with Crippen molar-refractivity contribution in [1.29, 1.82) is 0 Å². The average Bonchev–Trinajstić information content (AvgIpc) is 2.31. The maximum Gasteiger partial charge on any atom is 0.289 e. The zero-order valence-corrected chi connectivity index (χ0v) is 11.0. The molecule has 0 unspecified atom stereocenters. The molecular formula is C10H12ClN3O3S. The van der Waals surface area contributed by atoms with Crippen molar-refractivity contribution in [2.24, 2.45) is 5.73 Å². The first-order chi connectivity index (χ1) is 8.54. The number of halogens is 1. The fraction of sp³-hybridized carbons (Fsp3) is 0.300. The molecule has 98 valence electrons.